The van der Waals surface area contributed by atoms with Gasteiger partial charge in [-0.3, -0.25) is 15.9 Å². The van der Waals surface area contributed by atoms with Crippen molar-refractivity contribution in [2.45, 2.75) is 12.8 Å². The van der Waals surface area contributed by atoms with Crippen LogP contribution in [0.3, 0.4) is 0 Å². The molecule has 0 radical (unpaired) electrons. The van der Waals surface area contributed by atoms with Crippen LogP contribution in [0.25, 0.3) is 10.8 Å². The molecule has 116 valence electrons. The van der Waals surface area contributed by atoms with Crippen molar-refractivity contribution in [3.05, 3.63) is 60.0 Å². The first-order valence-corrected chi connectivity index (χ1v) is 7.22. The molecule has 1 heterocycles. The average molecular weight is 309 g/mol. The Morgan fingerprint density at radius 2 is 2.00 bits per heavy atom. The Labute approximate surface area is 132 Å². The number of nitrogens with zero attached hydrogens (tertiary/aromatic N) is 1. The second kappa shape index (κ2) is 6.31. The number of hydrogen-bond donors (Lipinski definition) is 3. The largest absolute Gasteiger partial charge is 0.364 e. The quantitative estimate of drug-likeness (QED) is 0.480. The zero-order chi connectivity index (χ0) is 16.2. The van der Waals surface area contributed by atoms with Gasteiger partial charge in [-0.15, -0.1) is 0 Å². The van der Waals surface area contributed by atoms with Crippen LogP contribution in [0.2, 0.25) is 0 Å². The third-order valence-electron chi connectivity index (χ3n) is 3.58. The molecule has 0 saturated carbocycles. The van der Waals surface area contributed by atoms with Crippen molar-refractivity contribution < 1.29 is 14.7 Å². The van der Waals surface area contributed by atoms with Crippen molar-refractivity contribution in [1.82, 2.24) is 5.16 Å². The predicted octanol–water partition coefficient (Wildman–Crippen LogP) is 0.864. The molecule has 0 unspecified atom stereocenters. The van der Waals surface area contributed by atoms with E-state index in [1.54, 1.807) is 12.5 Å². The summed E-state index contributed by atoms with van der Waals surface area (Å²) in [4.78, 5) is 12.0. The van der Waals surface area contributed by atoms with Gasteiger partial charge in [0.15, 0.2) is 0 Å². The number of benzene rings is 2. The molecular formula is C17H17N4O2+. The highest BCUT2D eigenvalue weighted by Crippen LogP contribution is 2.20. The topological polar surface area (TPSA) is 107 Å². The maximum Gasteiger partial charge on any atom is 0.270 e. The average Bonchev–Trinajstić information content (AvgIpc) is 3.06. The zero-order valence-electron chi connectivity index (χ0n) is 12.5. The third kappa shape index (κ3) is 3.55. The van der Waals surface area contributed by atoms with Crippen LogP contribution in [0.1, 0.15) is 17.5 Å². The number of anilines is 1. The Balaban J connectivity index is 1.69. The van der Waals surface area contributed by atoms with Gasteiger partial charge >= 0.3 is 0 Å². The van der Waals surface area contributed by atoms with Gasteiger partial charge in [0.05, 0.1) is 11.8 Å². The molecule has 0 spiro atoms. The number of hydrogen-bond acceptors (Lipinski definition) is 3. The Kier molecular flexibility index (Phi) is 4.05. The Bertz CT molecular complexity index is 856. The molecule has 23 heavy (non-hydrogen) atoms. The van der Waals surface area contributed by atoms with Gasteiger partial charge in [-0.25, -0.2) is 0 Å². The van der Waals surface area contributed by atoms with Crippen LogP contribution >= 0.6 is 0 Å². The molecular weight excluding hydrogens is 292 g/mol. The number of nitrogens with one attached hydrogen (secondary N) is 1. The Hall–Kier alpha value is -3.15. The number of carbonyl (C=O) groups excluding carboxylic acids is 1. The zero-order valence-corrected chi connectivity index (χ0v) is 12.5. The third-order valence-corrected chi connectivity index (χ3v) is 3.58. The lowest BCUT2D eigenvalue weighted by Gasteiger charge is -2.07. The molecule has 3 aromatic rings. The molecule has 3 rings (SSSR count). The molecule has 0 aliphatic heterocycles. The number of nitrogens with two attached hydrogens (primary N) is 2. The fraction of sp³-hybridized carbons (Fsp3) is 0.118. The first-order chi connectivity index (χ1) is 11.1. The van der Waals surface area contributed by atoms with E-state index in [2.05, 4.69) is 10.5 Å². The second-order valence-electron chi connectivity index (χ2n) is 5.31. The number of amides is 1. The normalized spacial score (nSPS) is 10.6. The minimum Gasteiger partial charge on any atom is -0.364 e. The highest BCUT2D eigenvalue weighted by Gasteiger charge is 2.07. The van der Waals surface area contributed by atoms with Crippen molar-refractivity contribution in [2.75, 3.05) is 5.32 Å². The van der Waals surface area contributed by atoms with Gasteiger partial charge in [0.2, 0.25) is 5.91 Å². The fourth-order valence-electron chi connectivity index (χ4n) is 2.33. The van der Waals surface area contributed by atoms with Gasteiger partial charge in [-0.05, 0) is 41.5 Å². The fourth-order valence-corrected chi connectivity index (χ4v) is 2.33. The van der Waals surface area contributed by atoms with E-state index in [-0.39, 0.29) is 11.7 Å². The van der Waals surface area contributed by atoms with E-state index in [9.17, 15) is 4.79 Å². The summed E-state index contributed by atoms with van der Waals surface area (Å²) < 4.78 is 4.74. The lowest BCUT2D eigenvalue weighted by molar-refractivity contribution is -0.116. The number of aromatic nitrogens is 1. The molecule has 5 N–H and O–H groups in total. The van der Waals surface area contributed by atoms with Crippen LogP contribution < -0.4 is 16.5 Å². The van der Waals surface area contributed by atoms with Crippen molar-refractivity contribution in [1.29, 1.82) is 0 Å². The maximum absolute atomic E-state index is 12.0. The van der Waals surface area contributed by atoms with Gasteiger partial charge in [-0.2, -0.15) is 0 Å². The summed E-state index contributed by atoms with van der Waals surface area (Å²) in [6.45, 7) is 0. The van der Waals surface area contributed by atoms with Gasteiger partial charge < -0.3 is 9.84 Å². The number of amidine groups is 1. The minimum absolute atomic E-state index is 0.0540. The van der Waals surface area contributed by atoms with Crippen molar-refractivity contribution in [2.24, 2.45) is 5.73 Å². The van der Waals surface area contributed by atoms with E-state index in [4.69, 9.17) is 15.7 Å². The van der Waals surface area contributed by atoms with Crippen molar-refractivity contribution in [3.8, 4) is 0 Å². The molecule has 1 amide bonds. The molecule has 0 atom stereocenters. The lowest BCUT2D eigenvalue weighted by atomic mass is 10.1. The number of carbonyl (C=O) groups is 1. The molecule has 0 saturated heterocycles. The van der Waals surface area contributed by atoms with Crippen LogP contribution in [0.5, 0.6) is 0 Å². The lowest BCUT2D eigenvalue weighted by Crippen LogP contribution is -2.46. The van der Waals surface area contributed by atoms with E-state index in [0.29, 0.717) is 12.8 Å². The predicted molar refractivity (Wildman–Crippen MR) is 87.6 cm³/mol. The number of aryl methyl sites for hydroxylation is 1. The Morgan fingerprint density at radius 3 is 2.74 bits per heavy atom. The summed E-state index contributed by atoms with van der Waals surface area (Å²) in [7, 11) is 0. The summed E-state index contributed by atoms with van der Waals surface area (Å²) in [5.41, 5.74) is 8.05. The van der Waals surface area contributed by atoms with Gasteiger partial charge in [0.25, 0.3) is 5.84 Å². The summed E-state index contributed by atoms with van der Waals surface area (Å²) >= 11 is 0. The summed E-state index contributed by atoms with van der Waals surface area (Å²) in [5, 5.41) is 14.1. The smallest absolute Gasteiger partial charge is 0.270 e. The van der Waals surface area contributed by atoms with Gasteiger partial charge in [0, 0.05) is 17.7 Å². The SMILES string of the molecule is NC(=[NH2+])c1ccc2cc(NC(=O)CCc3cnoc3)ccc2c1. The van der Waals surface area contributed by atoms with E-state index < -0.39 is 0 Å². The molecule has 0 aliphatic carbocycles. The van der Waals surface area contributed by atoms with Crippen LogP contribution in [0.4, 0.5) is 5.69 Å². The number of fused-ring (bicyclic) bond motifs is 1. The van der Waals surface area contributed by atoms with Gasteiger partial charge in [-0.1, -0.05) is 17.3 Å². The molecule has 2 aromatic carbocycles. The van der Waals surface area contributed by atoms with Crippen LogP contribution in [-0.4, -0.2) is 16.9 Å². The Morgan fingerprint density at radius 1 is 1.22 bits per heavy atom. The highest BCUT2D eigenvalue weighted by atomic mass is 16.5. The number of rotatable bonds is 5. The van der Waals surface area contributed by atoms with Crippen LogP contribution in [0, 0.1) is 0 Å². The van der Waals surface area contributed by atoms with E-state index in [0.717, 1.165) is 27.6 Å². The molecule has 1 aromatic heterocycles. The summed E-state index contributed by atoms with van der Waals surface area (Å²) in [6.07, 6.45) is 4.12. The van der Waals surface area contributed by atoms with Crippen molar-refractivity contribution >= 4 is 28.2 Å². The molecule has 6 heteroatoms. The van der Waals surface area contributed by atoms with E-state index in [1.807, 2.05) is 36.4 Å². The van der Waals surface area contributed by atoms with Crippen molar-refractivity contribution in [3.63, 3.8) is 0 Å². The van der Waals surface area contributed by atoms with E-state index in [1.165, 1.54) is 0 Å². The molecule has 0 aliphatic rings. The summed E-state index contributed by atoms with van der Waals surface area (Å²) in [6, 6.07) is 11.4. The van der Waals surface area contributed by atoms with Crippen LogP contribution in [-0.2, 0) is 11.2 Å². The molecule has 0 fully saturated rings. The summed E-state index contributed by atoms with van der Waals surface area (Å²) in [5.74, 6) is 0.236. The first-order valence-electron chi connectivity index (χ1n) is 7.22. The monoisotopic (exact) mass is 309 g/mol. The van der Waals surface area contributed by atoms with Gasteiger partial charge in [0.1, 0.15) is 6.26 Å². The highest BCUT2D eigenvalue weighted by molar-refractivity contribution is 5.99. The minimum atomic E-state index is -0.0540. The second-order valence-corrected chi connectivity index (χ2v) is 5.31. The van der Waals surface area contributed by atoms with Crippen LogP contribution in [0.15, 0.2) is 53.4 Å². The molecule has 6 nitrogen and oxygen atoms in total. The molecule has 0 bridgehead atoms. The maximum atomic E-state index is 12.0. The standard InChI is InChI=1S/C17H16N4O2/c18-17(19)14-3-2-13-8-15(5-4-12(13)7-14)21-16(22)6-1-11-9-20-23-10-11/h2-5,7-10H,1,6H2,(H3,18,19)(H,21,22)/p+1. The first kappa shape index (κ1) is 14.8. The van der Waals surface area contributed by atoms with E-state index >= 15 is 0 Å².